The standard InChI is InChI=1S/C11H16O3/c1-5-11(3,4)8(2)6-9-7-13-10(12)14-9/h5-6,9H,1,7H2,2-4H3/b8-6+. The van der Waals surface area contributed by atoms with Gasteiger partial charge in [-0.3, -0.25) is 0 Å². The number of hydrogen-bond acceptors (Lipinski definition) is 3. The Morgan fingerprint density at radius 2 is 2.29 bits per heavy atom. The smallest absolute Gasteiger partial charge is 0.430 e. The van der Waals surface area contributed by atoms with Crippen molar-refractivity contribution in [1.82, 2.24) is 0 Å². The molecule has 0 amide bonds. The highest BCUT2D eigenvalue weighted by Gasteiger charge is 2.25. The van der Waals surface area contributed by atoms with Crippen LogP contribution in [0.5, 0.6) is 0 Å². The Morgan fingerprint density at radius 3 is 2.71 bits per heavy atom. The topological polar surface area (TPSA) is 35.5 Å². The predicted molar refractivity (Wildman–Crippen MR) is 54.0 cm³/mol. The molecule has 0 aromatic heterocycles. The van der Waals surface area contributed by atoms with E-state index >= 15 is 0 Å². The highest BCUT2D eigenvalue weighted by molar-refractivity contribution is 5.62. The van der Waals surface area contributed by atoms with Crippen LogP contribution in [-0.2, 0) is 9.47 Å². The molecule has 78 valence electrons. The van der Waals surface area contributed by atoms with Crippen LogP contribution in [0.15, 0.2) is 24.3 Å². The molecule has 1 atom stereocenters. The highest BCUT2D eigenvalue weighted by atomic mass is 16.8. The Labute approximate surface area is 84.4 Å². The van der Waals surface area contributed by atoms with Crippen LogP contribution >= 0.6 is 0 Å². The summed E-state index contributed by atoms with van der Waals surface area (Å²) in [5.74, 6) is 0. The molecule has 0 saturated carbocycles. The monoisotopic (exact) mass is 196 g/mol. The number of cyclic esters (lactones) is 2. The Hall–Kier alpha value is -1.25. The van der Waals surface area contributed by atoms with E-state index in [2.05, 4.69) is 25.2 Å². The van der Waals surface area contributed by atoms with Crippen molar-refractivity contribution in [1.29, 1.82) is 0 Å². The minimum Gasteiger partial charge on any atom is -0.430 e. The Balaban J connectivity index is 2.68. The van der Waals surface area contributed by atoms with Gasteiger partial charge in [-0.05, 0) is 13.0 Å². The van der Waals surface area contributed by atoms with Gasteiger partial charge in [0.2, 0.25) is 0 Å². The lowest BCUT2D eigenvalue weighted by atomic mass is 9.84. The van der Waals surface area contributed by atoms with Gasteiger partial charge in [0.1, 0.15) is 6.61 Å². The predicted octanol–water partition coefficient (Wildman–Crippen LogP) is 2.68. The lowest BCUT2D eigenvalue weighted by molar-refractivity contribution is 0.125. The van der Waals surface area contributed by atoms with Gasteiger partial charge in [-0.2, -0.15) is 0 Å². The second-order valence-electron chi connectivity index (χ2n) is 3.99. The summed E-state index contributed by atoms with van der Waals surface area (Å²) in [6.45, 7) is 10.2. The maximum atomic E-state index is 10.7. The van der Waals surface area contributed by atoms with Crippen LogP contribution in [0, 0.1) is 5.41 Å². The van der Waals surface area contributed by atoms with Crippen molar-refractivity contribution in [2.75, 3.05) is 6.61 Å². The van der Waals surface area contributed by atoms with Crippen LogP contribution in [0.25, 0.3) is 0 Å². The molecule has 1 saturated heterocycles. The molecule has 1 heterocycles. The number of carbonyl (C=O) groups excluding carboxylic acids is 1. The van der Waals surface area contributed by atoms with E-state index in [9.17, 15) is 4.79 Å². The van der Waals surface area contributed by atoms with Crippen LogP contribution in [0.4, 0.5) is 4.79 Å². The molecule has 3 heteroatoms. The summed E-state index contributed by atoms with van der Waals surface area (Å²) in [6.07, 6.45) is 2.94. The van der Waals surface area contributed by atoms with Crippen LogP contribution < -0.4 is 0 Å². The van der Waals surface area contributed by atoms with Gasteiger partial charge in [-0.25, -0.2) is 4.79 Å². The number of carbonyl (C=O) groups is 1. The molecule has 14 heavy (non-hydrogen) atoms. The summed E-state index contributed by atoms with van der Waals surface area (Å²) in [4.78, 5) is 10.7. The van der Waals surface area contributed by atoms with Crippen LogP contribution in [-0.4, -0.2) is 18.9 Å². The van der Waals surface area contributed by atoms with E-state index in [4.69, 9.17) is 4.74 Å². The van der Waals surface area contributed by atoms with E-state index in [0.717, 1.165) is 5.57 Å². The van der Waals surface area contributed by atoms with Gasteiger partial charge in [0.25, 0.3) is 0 Å². The van der Waals surface area contributed by atoms with Gasteiger partial charge >= 0.3 is 6.16 Å². The summed E-state index contributed by atoms with van der Waals surface area (Å²) in [6, 6.07) is 0. The second-order valence-corrected chi connectivity index (χ2v) is 3.99. The van der Waals surface area contributed by atoms with E-state index in [1.807, 2.05) is 19.1 Å². The summed E-state index contributed by atoms with van der Waals surface area (Å²) >= 11 is 0. The van der Waals surface area contributed by atoms with Crippen LogP contribution in [0.2, 0.25) is 0 Å². The molecule has 0 aromatic carbocycles. The van der Waals surface area contributed by atoms with Crippen LogP contribution in [0.3, 0.4) is 0 Å². The number of hydrogen-bond donors (Lipinski definition) is 0. The molecule has 0 N–H and O–H groups in total. The first kappa shape index (κ1) is 10.8. The molecule has 1 fully saturated rings. The molecule has 1 rings (SSSR count). The third kappa shape index (κ3) is 2.37. The third-order valence-electron chi connectivity index (χ3n) is 2.58. The maximum Gasteiger partial charge on any atom is 0.509 e. The summed E-state index contributed by atoms with van der Waals surface area (Å²) < 4.78 is 9.58. The van der Waals surface area contributed by atoms with E-state index in [1.54, 1.807) is 0 Å². The number of allylic oxidation sites excluding steroid dienone is 2. The fourth-order valence-electron chi connectivity index (χ4n) is 1.08. The summed E-state index contributed by atoms with van der Waals surface area (Å²) in [7, 11) is 0. The fourth-order valence-corrected chi connectivity index (χ4v) is 1.08. The molecule has 0 radical (unpaired) electrons. The molecule has 1 unspecified atom stereocenters. The molecule has 0 bridgehead atoms. The molecule has 3 nitrogen and oxygen atoms in total. The van der Waals surface area contributed by atoms with Gasteiger partial charge in [-0.15, -0.1) is 6.58 Å². The van der Waals surface area contributed by atoms with Crippen molar-refractivity contribution >= 4 is 6.16 Å². The SMILES string of the molecule is C=CC(C)(C)/C(C)=C/C1COC(=O)O1. The molecule has 0 spiro atoms. The molecule has 1 aliphatic heterocycles. The van der Waals surface area contributed by atoms with E-state index < -0.39 is 6.16 Å². The quantitative estimate of drug-likeness (QED) is 0.514. The zero-order valence-electron chi connectivity index (χ0n) is 8.87. The number of rotatable bonds is 3. The van der Waals surface area contributed by atoms with Gasteiger partial charge < -0.3 is 9.47 Å². The summed E-state index contributed by atoms with van der Waals surface area (Å²) in [5.41, 5.74) is 1.05. The average molecular weight is 196 g/mol. The van der Waals surface area contributed by atoms with Gasteiger partial charge in [0, 0.05) is 5.41 Å². The van der Waals surface area contributed by atoms with E-state index in [1.165, 1.54) is 0 Å². The normalized spacial score (nSPS) is 22.9. The molecule has 1 aliphatic rings. The van der Waals surface area contributed by atoms with Gasteiger partial charge in [0.15, 0.2) is 6.10 Å². The Morgan fingerprint density at radius 1 is 1.64 bits per heavy atom. The lowest BCUT2D eigenvalue weighted by Gasteiger charge is -2.21. The second kappa shape index (κ2) is 3.86. The Kier molecular flexibility index (Phi) is 2.99. The molecule has 0 aliphatic carbocycles. The zero-order chi connectivity index (χ0) is 10.8. The molecular formula is C11H16O3. The first-order valence-electron chi connectivity index (χ1n) is 4.61. The first-order chi connectivity index (χ1) is 6.45. The minimum atomic E-state index is -0.588. The fraction of sp³-hybridized carbons (Fsp3) is 0.545. The minimum absolute atomic E-state index is 0.0744. The van der Waals surface area contributed by atoms with Crippen molar-refractivity contribution in [2.24, 2.45) is 5.41 Å². The lowest BCUT2D eigenvalue weighted by Crippen LogP contribution is -2.13. The van der Waals surface area contributed by atoms with Crippen molar-refractivity contribution in [2.45, 2.75) is 26.9 Å². The average Bonchev–Trinajstić information content (AvgIpc) is 2.51. The maximum absolute atomic E-state index is 10.7. The van der Waals surface area contributed by atoms with Crippen molar-refractivity contribution in [3.05, 3.63) is 24.3 Å². The Bertz CT molecular complexity index is 276. The van der Waals surface area contributed by atoms with Gasteiger partial charge in [0.05, 0.1) is 0 Å². The van der Waals surface area contributed by atoms with Crippen LogP contribution in [0.1, 0.15) is 20.8 Å². The third-order valence-corrected chi connectivity index (χ3v) is 2.58. The largest absolute Gasteiger partial charge is 0.509 e. The zero-order valence-corrected chi connectivity index (χ0v) is 8.87. The number of ether oxygens (including phenoxy) is 2. The van der Waals surface area contributed by atoms with Gasteiger partial charge in [-0.1, -0.05) is 25.5 Å². The molecule has 0 aromatic rings. The first-order valence-corrected chi connectivity index (χ1v) is 4.61. The van der Waals surface area contributed by atoms with Crippen molar-refractivity contribution < 1.29 is 14.3 Å². The van der Waals surface area contributed by atoms with Crippen molar-refractivity contribution in [3.8, 4) is 0 Å². The summed E-state index contributed by atoms with van der Waals surface area (Å²) in [5, 5.41) is 0. The van der Waals surface area contributed by atoms with E-state index in [-0.39, 0.29) is 11.5 Å². The molecular weight excluding hydrogens is 180 g/mol. The van der Waals surface area contributed by atoms with Crippen molar-refractivity contribution in [3.63, 3.8) is 0 Å². The highest BCUT2D eigenvalue weighted by Crippen LogP contribution is 2.27. The van der Waals surface area contributed by atoms with E-state index in [0.29, 0.717) is 6.61 Å².